The van der Waals surface area contributed by atoms with Gasteiger partial charge in [0, 0.05) is 12.3 Å². The predicted octanol–water partition coefficient (Wildman–Crippen LogP) is -1.55. The maximum absolute atomic E-state index is 12.5. The molecule has 0 aromatic carbocycles. The molecule has 0 aromatic rings. The van der Waals surface area contributed by atoms with E-state index in [1.54, 1.807) is 0 Å². The molecule has 12 nitrogen and oxygen atoms in total. The van der Waals surface area contributed by atoms with Crippen molar-refractivity contribution in [2.75, 3.05) is 6.61 Å². The molecule has 14 heteroatoms. The summed E-state index contributed by atoms with van der Waals surface area (Å²) in [6, 6.07) is 0. The van der Waals surface area contributed by atoms with Gasteiger partial charge in [0.2, 0.25) is 10.4 Å². The molecule has 5 fully saturated rings. The minimum absolute atomic E-state index is 0. The largest absolute Gasteiger partial charge is 1.00 e. The molecule has 16 atom stereocenters. The Hall–Kier alpha value is 0.550. The van der Waals surface area contributed by atoms with Crippen LogP contribution in [0, 0.1) is 46.3 Å². The molecule has 5 rings (SSSR count). The van der Waals surface area contributed by atoms with Gasteiger partial charge in [0.25, 0.3) is 0 Å². The summed E-state index contributed by atoms with van der Waals surface area (Å²) in [6.45, 7) is 10.0. The van der Waals surface area contributed by atoms with Gasteiger partial charge in [0.1, 0.15) is 18.3 Å². The van der Waals surface area contributed by atoms with E-state index in [0.29, 0.717) is 25.7 Å². The first-order valence-electron chi connectivity index (χ1n) is 16.9. The van der Waals surface area contributed by atoms with Crippen LogP contribution in [0.5, 0.6) is 0 Å². The minimum Gasteiger partial charge on any atom is -0.726 e. The summed E-state index contributed by atoms with van der Waals surface area (Å²) in [6.07, 6.45) is -2.57. The van der Waals surface area contributed by atoms with E-state index in [1.165, 1.54) is 0 Å². The van der Waals surface area contributed by atoms with Crippen LogP contribution in [0.2, 0.25) is 0 Å². The number of ether oxygens (including phenoxy) is 2. The molecule has 6 N–H and O–H groups in total. The summed E-state index contributed by atoms with van der Waals surface area (Å²) >= 11 is 0. The Morgan fingerprint density at radius 3 is 2.22 bits per heavy atom. The summed E-state index contributed by atoms with van der Waals surface area (Å²) in [5.74, 6) is -0.194. The molecular weight excluding hydrogens is 631 g/mol. The molecular formula is C32H55NaO12S. The zero-order valence-electron chi connectivity index (χ0n) is 28.2. The van der Waals surface area contributed by atoms with Crippen LogP contribution < -0.4 is 29.6 Å². The van der Waals surface area contributed by atoms with Crippen LogP contribution >= 0.6 is 0 Å². The van der Waals surface area contributed by atoms with Gasteiger partial charge in [-0.05, 0) is 91.8 Å². The number of hydrogen-bond donors (Lipinski definition) is 6. The molecule has 4 saturated carbocycles. The van der Waals surface area contributed by atoms with Gasteiger partial charge in [-0.3, -0.25) is 4.18 Å². The quantitative estimate of drug-likeness (QED) is 0.0927. The monoisotopic (exact) mass is 686 g/mol. The topological polar surface area (TPSA) is 206 Å². The van der Waals surface area contributed by atoms with Crippen LogP contribution in [0.25, 0.3) is 0 Å². The van der Waals surface area contributed by atoms with Gasteiger partial charge in [-0.1, -0.05) is 34.6 Å². The van der Waals surface area contributed by atoms with Crippen molar-refractivity contribution in [2.24, 2.45) is 46.3 Å². The SMILES string of the molecule is CC(C)[C@H](CC[C@@H](C)[C@H]1C[C@H](O)C2C3(O)C[C@H](O)[C@@H]4C[C@@H](O)CC[C@@]4(C)C3CC[C@@]21C)O[C@@H]1OC[C@@H](OS(=O)(=O)[O-])[C@@H](O)[C@H]1O.[Na+]. The standard InChI is InChI=1S/C32H56O12S.Na/c1-16(2)23(43-29-27(37)26(36)24(15-42-29)44-45(39,40)41)7-6-17(3)19-13-21(34)28-31(19,5)11-9-25-30(4)10-8-18(33)12-20(30)22(35)14-32(25,28)38;/h16-29,33-38H,6-15H2,1-5H3,(H,39,40,41);/q;+1/p-1/t17-,18+,19-,20+,21+,22+,23+,24-,25?,26-,27-,28?,29+,30-,31-,32?;/m1./s1. The fourth-order valence-electron chi connectivity index (χ4n) is 10.9. The van der Waals surface area contributed by atoms with E-state index in [9.17, 15) is 43.6 Å². The van der Waals surface area contributed by atoms with Crippen LogP contribution in [0.3, 0.4) is 0 Å². The second-order valence-corrected chi connectivity index (χ2v) is 17.0. The molecule has 46 heavy (non-hydrogen) atoms. The molecule has 0 aromatic heterocycles. The van der Waals surface area contributed by atoms with Crippen LogP contribution in [-0.4, -0.2) is 105 Å². The van der Waals surface area contributed by atoms with Crippen molar-refractivity contribution in [1.82, 2.24) is 0 Å². The van der Waals surface area contributed by atoms with Crippen molar-refractivity contribution in [3.63, 3.8) is 0 Å². The van der Waals surface area contributed by atoms with Crippen molar-refractivity contribution in [2.45, 2.75) is 147 Å². The van der Waals surface area contributed by atoms with Gasteiger partial charge in [0.05, 0.1) is 36.6 Å². The average Bonchev–Trinajstić information content (AvgIpc) is 3.21. The number of aliphatic hydroxyl groups excluding tert-OH is 5. The van der Waals surface area contributed by atoms with Crippen LogP contribution in [0.4, 0.5) is 0 Å². The second-order valence-electron chi connectivity index (χ2n) is 16.0. The molecule has 1 heterocycles. The molecule has 262 valence electrons. The Morgan fingerprint density at radius 1 is 0.935 bits per heavy atom. The van der Waals surface area contributed by atoms with Crippen LogP contribution in [-0.2, 0) is 24.1 Å². The Kier molecular flexibility index (Phi) is 12.2. The fraction of sp³-hybridized carbons (Fsp3) is 1.00. The molecule has 1 aliphatic heterocycles. The van der Waals surface area contributed by atoms with Crippen molar-refractivity contribution in [3.8, 4) is 0 Å². The number of fused-ring (bicyclic) bond motifs is 5. The molecule has 0 bridgehead atoms. The summed E-state index contributed by atoms with van der Waals surface area (Å²) in [4.78, 5) is 0. The predicted molar refractivity (Wildman–Crippen MR) is 160 cm³/mol. The number of hydrogen-bond acceptors (Lipinski definition) is 12. The third kappa shape index (κ3) is 7.17. The van der Waals surface area contributed by atoms with Crippen molar-refractivity contribution in [1.29, 1.82) is 0 Å². The van der Waals surface area contributed by atoms with E-state index in [2.05, 4.69) is 25.0 Å². The first-order valence-corrected chi connectivity index (χ1v) is 18.2. The summed E-state index contributed by atoms with van der Waals surface area (Å²) < 4.78 is 48.8. The van der Waals surface area contributed by atoms with E-state index >= 15 is 0 Å². The zero-order chi connectivity index (χ0) is 33.3. The minimum atomic E-state index is -5.10. The first kappa shape index (κ1) is 39.3. The third-order valence-electron chi connectivity index (χ3n) is 13.1. The van der Waals surface area contributed by atoms with E-state index < -0.39 is 65.5 Å². The van der Waals surface area contributed by atoms with Gasteiger partial charge < -0.3 is 44.7 Å². The normalized spacial score (nSPS) is 48.9. The zero-order valence-corrected chi connectivity index (χ0v) is 31.0. The van der Waals surface area contributed by atoms with E-state index in [1.807, 2.05) is 13.8 Å². The molecule has 3 unspecified atom stereocenters. The number of aliphatic hydroxyl groups is 6. The molecule has 0 radical (unpaired) electrons. The van der Waals surface area contributed by atoms with E-state index in [4.69, 9.17) is 9.47 Å². The van der Waals surface area contributed by atoms with Crippen molar-refractivity contribution >= 4 is 10.4 Å². The third-order valence-corrected chi connectivity index (χ3v) is 13.5. The fourth-order valence-corrected chi connectivity index (χ4v) is 11.4. The summed E-state index contributed by atoms with van der Waals surface area (Å²) in [5, 5.41) is 66.7. The van der Waals surface area contributed by atoms with Crippen LogP contribution in [0.15, 0.2) is 0 Å². The molecule has 5 aliphatic rings. The summed E-state index contributed by atoms with van der Waals surface area (Å²) in [5.41, 5.74) is -1.83. The van der Waals surface area contributed by atoms with E-state index in [0.717, 1.165) is 25.7 Å². The van der Waals surface area contributed by atoms with Crippen molar-refractivity contribution < 1.29 is 86.8 Å². The van der Waals surface area contributed by atoms with Gasteiger partial charge in [0.15, 0.2) is 6.29 Å². The summed E-state index contributed by atoms with van der Waals surface area (Å²) in [7, 11) is -5.10. The van der Waals surface area contributed by atoms with Gasteiger partial charge in [-0.15, -0.1) is 0 Å². The maximum atomic E-state index is 12.5. The Morgan fingerprint density at radius 2 is 1.59 bits per heavy atom. The number of rotatable bonds is 9. The van der Waals surface area contributed by atoms with Gasteiger partial charge >= 0.3 is 29.6 Å². The molecule has 1 saturated heterocycles. The molecule has 4 aliphatic carbocycles. The smallest absolute Gasteiger partial charge is 0.726 e. The molecule has 0 amide bonds. The molecule has 0 spiro atoms. The maximum Gasteiger partial charge on any atom is 1.00 e. The van der Waals surface area contributed by atoms with E-state index in [-0.39, 0.29) is 88.4 Å². The van der Waals surface area contributed by atoms with Crippen molar-refractivity contribution in [3.05, 3.63) is 0 Å². The second kappa shape index (κ2) is 14.3. The van der Waals surface area contributed by atoms with Gasteiger partial charge in [-0.25, -0.2) is 8.42 Å². The Balaban J connectivity index is 0.00000480. The van der Waals surface area contributed by atoms with Gasteiger partial charge in [-0.2, -0.15) is 0 Å². The Bertz CT molecular complexity index is 1160. The van der Waals surface area contributed by atoms with Crippen LogP contribution in [0.1, 0.15) is 92.4 Å². The Labute approximate surface area is 295 Å². The first-order chi connectivity index (χ1) is 20.8. The average molecular weight is 687 g/mol.